The minimum Gasteiger partial charge on any atom is -0.383 e. The highest BCUT2D eigenvalue weighted by atomic mass is 15.1. The minimum absolute atomic E-state index is 0.566. The predicted molar refractivity (Wildman–Crippen MR) is 119 cm³/mol. The second-order valence-corrected chi connectivity index (χ2v) is 8.05. The molecule has 1 atom stereocenters. The number of rotatable bonds is 6. The van der Waals surface area contributed by atoms with Gasteiger partial charge < -0.3 is 10.2 Å². The smallest absolute Gasteiger partial charge is 0.0526 e. The van der Waals surface area contributed by atoms with Crippen LogP contribution in [0, 0.1) is 0 Å². The zero-order valence-electron chi connectivity index (χ0n) is 17.0. The van der Waals surface area contributed by atoms with Gasteiger partial charge >= 0.3 is 0 Å². The molecule has 0 aliphatic heterocycles. The molecule has 2 aromatic carbocycles. The molecule has 4 rings (SSSR count). The van der Waals surface area contributed by atoms with Crippen molar-refractivity contribution in [3.63, 3.8) is 0 Å². The van der Waals surface area contributed by atoms with Gasteiger partial charge in [-0.15, -0.1) is 0 Å². The number of nitrogens with zero attached hydrogens (tertiary/aromatic N) is 2. The molecule has 3 heteroatoms. The molecule has 0 bridgehead atoms. The molecule has 28 heavy (non-hydrogen) atoms. The highest BCUT2D eigenvalue weighted by molar-refractivity contribution is 5.64. The molecule has 1 aliphatic carbocycles. The number of benzene rings is 2. The van der Waals surface area contributed by atoms with E-state index in [1.54, 1.807) is 0 Å². The Hall–Kier alpha value is -2.81. The number of pyridine rings is 1. The fourth-order valence-electron chi connectivity index (χ4n) is 4.05. The van der Waals surface area contributed by atoms with Crippen LogP contribution in [0.5, 0.6) is 0 Å². The molecule has 0 fully saturated rings. The second kappa shape index (κ2) is 8.05. The summed E-state index contributed by atoms with van der Waals surface area (Å²) in [5.74, 6) is 1.14. The van der Waals surface area contributed by atoms with E-state index in [1.165, 1.54) is 34.5 Å². The van der Waals surface area contributed by atoms with Gasteiger partial charge in [-0.3, -0.25) is 4.98 Å². The lowest BCUT2D eigenvalue weighted by molar-refractivity contribution is 0.709. The van der Waals surface area contributed by atoms with Crippen molar-refractivity contribution in [1.82, 2.24) is 4.98 Å². The number of nitrogens with one attached hydrogen (secondary N) is 1. The first-order valence-electron chi connectivity index (χ1n) is 10.2. The fourth-order valence-corrected chi connectivity index (χ4v) is 4.05. The lowest BCUT2D eigenvalue weighted by Crippen LogP contribution is -2.11. The largest absolute Gasteiger partial charge is 0.383 e. The van der Waals surface area contributed by atoms with Crippen LogP contribution in [0.25, 0.3) is 0 Å². The van der Waals surface area contributed by atoms with Crippen molar-refractivity contribution in [2.75, 3.05) is 23.8 Å². The summed E-state index contributed by atoms with van der Waals surface area (Å²) in [4.78, 5) is 6.46. The molecule has 0 saturated carbocycles. The molecule has 3 nitrogen and oxygen atoms in total. The van der Waals surface area contributed by atoms with Crippen LogP contribution < -0.4 is 10.2 Å². The van der Waals surface area contributed by atoms with E-state index in [9.17, 15) is 0 Å². The number of aryl methyl sites for hydroxylation is 1. The van der Waals surface area contributed by atoms with E-state index in [1.807, 2.05) is 18.5 Å². The van der Waals surface area contributed by atoms with Crippen LogP contribution in [0.15, 0.2) is 67.0 Å². The van der Waals surface area contributed by atoms with E-state index >= 15 is 0 Å². The summed E-state index contributed by atoms with van der Waals surface area (Å²) in [6.07, 6.45) is 6.06. The Bertz CT molecular complexity index is 916. The zero-order valence-corrected chi connectivity index (χ0v) is 17.0. The average molecular weight is 372 g/mol. The van der Waals surface area contributed by atoms with Crippen LogP contribution in [0.2, 0.25) is 0 Å². The highest BCUT2D eigenvalue weighted by Crippen LogP contribution is 2.36. The summed E-state index contributed by atoms with van der Waals surface area (Å²) in [6.45, 7) is 5.43. The standard InChI is InChI=1S/C25H29N3/c1-18(2)19-8-10-23(11-9-19)28(3)24-12-13-25-20(15-24)6-7-21(25)16-27-22-5-4-14-26-17-22/h4-5,8-15,17-18,21,27H,6-7,16H2,1-3H3/t21-/m0/s1. The maximum absolute atomic E-state index is 4.18. The highest BCUT2D eigenvalue weighted by Gasteiger charge is 2.23. The van der Waals surface area contributed by atoms with Crippen molar-refractivity contribution in [3.05, 3.63) is 83.7 Å². The Morgan fingerprint density at radius 3 is 2.57 bits per heavy atom. The third kappa shape index (κ3) is 3.89. The molecule has 1 aromatic heterocycles. The van der Waals surface area contributed by atoms with E-state index in [0.717, 1.165) is 18.7 Å². The first kappa shape index (κ1) is 18.5. The maximum atomic E-state index is 4.18. The van der Waals surface area contributed by atoms with Crippen molar-refractivity contribution in [2.24, 2.45) is 0 Å². The summed E-state index contributed by atoms with van der Waals surface area (Å²) < 4.78 is 0. The number of aromatic nitrogens is 1. The van der Waals surface area contributed by atoms with Crippen LogP contribution in [0.4, 0.5) is 17.1 Å². The van der Waals surface area contributed by atoms with Crippen LogP contribution in [-0.4, -0.2) is 18.6 Å². The predicted octanol–water partition coefficient (Wildman–Crippen LogP) is 6.11. The summed E-state index contributed by atoms with van der Waals surface area (Å²) in [5.41, 5.74) is 7.95. The van der Waals surface area contributed by atoms with E-state index in [2.05, 4.69) is 84.6 Å². The van der Waals surface area contributed by atoms with Crippen LogP contribution in [0.1, 0.15) is 48.8 Å². The van der Waals surface area contributed by atoms with E-state index in [-0.39, 0.29) is 0 Å². The topological polar surface area (TPSA) is 28.2 Å². The summed E-state index contributed by atoms with van der Waals surface area (Å²) in [5, 5.41) is 3.53. The molecule has 0 unspecified atom stereocenters. The normalized spacial score (nSPS) is 15.5. The monoisotopic (exact) mass is 371 g/mol. The minimum atomic E-state index is 0.566. The molecule has 0 amide bonds. The molecule has 0 saturated heterocycles. The average Bonchev–Trinajstić information content (AvgIpc) is 3.15. The van der Waals surface area contributed by atoms with E-state index in [0.29, 0.717) is 11.8 Å². The van der Waals surface area contributed by atoms with Gasteiger partial charge in [0.25, 0.3) is 0 Å². The van der Waals surface area contributed by atoms with Gasteiger partial charge in [-0.2, -0.15) is 0 Å². The molecule has 3 aromatic rings. The van der Waals surface area contributed by atoms with Crippen molar-refractivity contribution in [3.8, 4) is 0 Å². The van der Waals surface area contributed by atoms with Gasteiger partial charge in [0.05, 0.1) is 5.69 Å². The lowest BCUT2D eigenvalue weighted by atomic mass is 10.0. The molecule has 1 aliphatic rings. The van der Waals surface area contributed by atoms with Crippen LogP contribution in [0.3, 0.4) is 0 Å². The van der Waals surface area contributed by atoms with Gasteiger partial charge in [0.1, 0.15) is 0 Å². The maximum Gasteiger partial charge on any atom is 0.0526 e. The van der Waals surface area contributed by atoms with Crippen molar-refractivity contribution < 1.29 is 0 Å². The third-order valence-electron chi connectivity index (χ3n) is 5.88. The number of hydrogen-bond donors (Lipinski definition) is 1. The Balaban J connectivity index is 1.46. The number of hydrogen-bond acceptors (Lipinski definition) is 3. The summed E-state index contributed by atoms with van der Waals surface area (Å²) in [6, 6.07) is 19.9. The van der Waals surface area contributed by atoms with Crippen molar-refractivity contribution in [2.45, 2.75) is 38.5 Å². The lowest BCUT2D eigenvalue weighted by Gasteiger charge is -2.22. The molecule has 0 spiro atoms. The zero-order chi connectivity index (χ0) is 19.5. The second-order valence-electron chi connectivity index (χ2n) is 8.05. The first-order valence-corrected chi connectivity index (χ1v) is 10.2. The van der Waals surface area contributed by atoms with Gasteiger partial charge in [0, 0.05) is 43.3 Å². The number of fused-ring (bicyclic) bond motifs is 1. The Labute approximate surface area is 168 Å². The number of anilines is 3. The van der Waals surface area contributed by atoms with Gasteiger partial charge in [-0.25, -0.2) is 0 Å². The molecule has 1 N–H and O–H groups in total. The Morgan fingerprint density at radius 1 is 1.07 bits per heavy atom. The van der Waals surface area contributed by atoms with Crippen LogP contribution >= 0.6 is 0 Å². The molecule has 144 valence electrons. The Morgan fingerprint density at radius 2 is 1.86 bits per heavy atom. The van der Waals surface area contributed by atoms with E-state index < -0.39 is 0 Å². The summed E-state index contributed by atoms with van der Waals surface area (Å²) in [7, 11) is 2.16. The Kier molecular flexibility index (Phi) is 5.34. The van der Waals surface area contributed by atoms with Gasteiger partial charge in [0.2, 0.25) is 0 Å². The fraction of sp³-hybridized carbons (Fsp3) is 0.320. The van der Waals surface area contributed by atoms with Gasteiger partial charge in [0.15, 0.2) is 0 Å². The van der Waals surface area contributed by atoms with Gasteiger partial charge in [-0.1, -0.05) is 32.0 Å². The summed E-state index contributed by atoms with van der Waals surface area (Å²) >= 11 is 0. The van der Waals surface area contributed by atoms with Crippen molar-refractivity contribution in [1.29, 1.82) is 0 Å². The SMILES string of the molecule is CC(C)c1ccc(N(C)c2ccc3c(c2)CC[C@H]3CNc2cccnc2)cc1. The van der Waals surface area contributed by atoms with Gasteiger partial charge in [-0.05, 0) is 71.8 Å². The quantitative estimate of drug-likeness (QED) is 0.566. The molecule has 1 heterocycles. The van der Waals surface area contributed by atoms with Crippen molar-refractivity contribution >= 4 is 17.1 Å². The van der Waals surface area contributed by atoms with E-state index in [4.69, 9.17) is 0 Å². The third-order valence-corrected chi connectivity index (χ3v) is 5.88. The first-order chi connectivity index (χ1) is 13.6. The molecular weight excluding hydrogens is 342 g/mol. The van der Waals surface area contributed by atoms with Crippen LogP contribution in [-0.2, 0) is 6.42 Å². The molecule has 0 radical (unpaired) electrons. The molecular formula is C25H29N3.